The van der Waals surface area contributed by atoms with Crippen molar-refractivity contribution in [2.45, 2.75) is 19.4 Å². The van der Waals surface area contributed by atoms with E-state index in [9.17, 15) is 4.79 Å². The number of hydrogen-bond donors (Lipinski definition) is 1. The minimum atomic E-state index is -0.664. The van der Waals surface area contributed by atoms with E-state index in [1.165, 1.54) is 7.11 Å². The first-order valence-corrected chi connectivity index (χ1v) is 6.05. The van der Waals surface area contributed by atoms with Crippen LogP contribution in [0.4, 0.5) is 0 Å². The summed E-state index contributed by atoms with van der Waals surface area (Å²) in [6, 6.07) is 7.06. The number of carbonyl (C=O) groups is 1. The molecule has 2 aromatic rings. The lowest BCUT2D eigenvalue weighted by molar-refractivity contribution is -0.142. The van der Waals surface area contributed by atoms with Crippen LogP contribution in [0.1, 0.15) is 11.3 Å². The first-order valence-electron chi connectivity index (χ1n) is 6.05. The van der Waals surface area contributed by atoms with Gasteiger partial charge in [-0.05, 0) is 30.7 Å². The van der Waals surface area contributed by atoms with Crippen molar-refractivity contribution >= 4 is 5.97 Å². The van der Waals surface area contributed by atoms with Crippen molar-refractivity contribution in [3.63, 3.8) is 0 Å². The molecule has 19 heavy (non-hydrogen) atoms. The topological polar surface area (TPSA) is 70.1 Å². The number of methoxy groups -OCH3 is 1. The summed E-state index contributed by atoms with van der Waals surface area (Å²) in [5.74, 6) is 0.435. The van der Waals surface area contributed by atoms with Crippen LogP contribution in [0.5, 0.6) is 0 Å². The number of rotatable bonds is 4. The summed E-state index contributed by atoms with van der Waals surface area (Å²) < 4.78 is 6.58. The minimum Gasteiger partial charge on any atom is -0.468 e. The van der Waals surface area contributed by atoms with Gasteiger partial charge in [0.05, 0.1) is 7.11 Å². The fourth-order valence-corrected chi connectivity index (χ4v) is 1.98. The molecule has 2 heterocycles. The van der Waals surface area contributed by atoms with Gasteiger partial charge in [0.25, 0.3) is 0 Å². The highest BCUT2D eigenvalue weighted by Gasteiger charge is 2.17. The molecule has 0 aliphatic heterocycles. The van der Waals surface area contributed by atoms with Crippen LogP contribution in [0.2, 0.25) is 0 Å². The highest BCUT2D eigenvalue weighted by atomic mass is 16.5. The zero-order valence-electron chi connectivity index (χ0n) is 11.0. The summed E-state index contributed by atoms with van der Waals surface area (Å²) in [5, 5.41) is 0. The van der Waals surface area contributed by atoms with Crippen molar-refractivity contribution in [1.82, 2.24) is 9.55 Å². The van der Waals surface area contributed by atoms with E-state index in [1.54, 1.807) is 6.20 Å². The molecule has 0 radical (unpaired) electrons. The third-order valence-electron chi connectivity index (χ3n) is 2.98. The van der Waals surface area contributed by atoms with Gasteiger partial charge in [0.15, 0.2) is 0 Å². The van der Waals surface area contributed by atoms with Gasteiger partial charge in [-0.15, -0.1) is 0 Å². The number of carbonyl (C=O) groups excluding carboxylic acids is 1. The van der Waals surface area contributed by atoms with Crippen LogP contribution in [-0.2, 0) is 16.0 Å². The SMILES string of the molecule is COC(=O)C(N)Cc1cccn1-c1ncccc1C. The molecule has 0 amide bonds. The van der Waals surface area contributed by atoms with Gasteiger partial charge in [-0.3, -0.25) is 4.79 Å². The number of ether oxygens (including phenoxy) is 1. The predicted octanol–water partition coefficient (Wildman–Crippen LogP) is 1.22. The van der Waals surface area contributed by atoms with E-state index in [2.05, 4.69) is 9.72 Å². The molecule has 2 rings (SSSR count). The van der Waals surface area contributed by atoms with E-state index in [1.807, 2.05) is 42.0 Å². The number of pyridine rings is 1. The van der Waals surface area contributed by atoms with Crippen LogP contribution in [-0.4, -0.2) is 28.7 Å². The third kappa shape index (κ3) is 2.82. The molecule has 0 saturated carbocycles. The highest BCUT2D eigenvalue weighted by molar-refractivity contribution is 5.75. The maximum absolute atomic E-state index is 11.4. The Balaban J connectivity index is 2.28. The number of nitrogens with two attached hydrogens (primary N) is 1. The normalized spacial score (nSPS) is 12.2. The van der Waals surface area contributed by atoms with Crippen molar-refractivity contribution in [2.75, 3.05) is 7.11 Å². The predicted molar refractivity (Wildman–Crippen MR) is 72.0 cm³/mol. The lowest BCUT2D eigenvalue weighted by Gasteiger charge is -2.13. The average molecular weight is 259 g/mol. The molecule has 5 nitrogen and oxygen atoms in total. The number of esters is 1. The number of hydrogen-bond acceptors (Lipinski definition) is 4. The maximum Gasteiger partial charge on any atom is 0.323 e. The molecule has 0 aliphatic carbocycles. The van der Waals surface area contributed by atoms with Crippen LogP contribution in [0.25, 0.3) is 5.82 Å². The molecule has 2 aromatic heterocycles. The molecule has 1 unspecified atom stereocenters. The van der Waals surface area contributed by atoms with Gasteiger partial charge >= 0.3 is 5.97 Å². The standard InChI is InChI=1S/C14H17N3O2/c1-10-5-3-7-16-13(10)17-8-4-6-11(17)9-12(15)14(18)19-2/h3-8,12H,9,15H2,1-2H3. The Labute approximate surface area is 112 Å². The molecule has 1 atom stereocenters. The van der Waals surface area contributed by atoms with Crippen molar-refractivity contribution < 1.29 is 9.53 Å². The van der Waals surface area contributed by atoms with E-state index < -0.39 is 12.0 Å². The summed E-state index contributed by atoms with van der Waals surface area (Å²) >= 11 is 0. The lowest BCUT2D eigenvalue weighted by Crippen LogP contribution is -2.34. The Kier molecular flexibility index (Phi) is 3.97. The summed E-state index contributed by atoms with van der Waals surface area (Å²) in [7, 11) is 1.34. The molecular formula is C14H17N3O2. The number of aryl methyl sites for hydroxylation is 1. The summed E-state index contributed by atoms with van der Waals surface area (Å²) in [5.41, 5.74) is 7.79. The van der Waals surface area contributed by atoms with Gasteiger partial charge in [-0.25, -0.2) is 4.98 Å². The van der Waals surface area contributed by atoms with Crippen LogP contribution < -0.4 is 5.73 Å². The zero-order valence-corrected chi connectivity index (χ0v) is 11.0. The Bertz CT molecular complexity index is 578. The summed E-state index contributed by atoms with van der Waals surface area (Å²) in [6.07, 6.45) is 4.07. The first kappa shape index (κ1) is 13.3. The third-order valence-corrected chi connectivity index (χ3v) is 2.98. The first-order chi connectivity index (χ1) is 9.13. The minimum absolute atomic E-state index is 0.412. The zero-order chi connectivity index (χ0) is 13.8. The molecule has 100 valence electrons. The van der Waals surface area contributed by atoms with E-state index in [4.69, 9.17) is 5.73 Å². The Morgan fingerprint density at radius 3 is 2.95 bits per heavy atom. The Morgan fingerprint density at radius 2 is 2.26 bits per heavy atom. The molecule has 0 spiro atoms. The van der Waals surface area contributed by atoms with Gasteiger partial charge < -0.3 is 15.0 Å². The van der Waals surface area contributed by atoms with Crippen LogP contribution in [0.15, 0.2) is 36.7 Å². The molecule has 0 bridgehead atoms. The highest BCUT2D eigenvalue weighted by Crippen LogP contribution is 2.15. The Hall–Kier alpha value is -2.14. The second-order valence-electron chi connectivity index (χ2n) is 4.35. The molecule has 0 saturated heterocycles. The van der Waals surface area contributed by atoms with Crippen LogP contribution >= 0.6 is 0 Å². The van der Waals surface area contributed by atoms with E-state index in [-0.39, 0.29) is 0 Å². The lowest BCUT2D eigenvalue weighted by atomic mass is 10.1. The fourth-order valence-electron chi connectivity index (χ4n) is 1.98. The van der Waals surface area contributed by atoms with Crippen LogP contribution in [0.3, 0.4) is 0 Å². The van der Waals surface area contributed by atoms with Gasteiger partial charge in [0, 0.05) is 24.5 Å². The molecule has 0 aliphatic rings. The van der Waals surface area contributed by atoms with Gasteiger partial charge in [0.2, 0.25) is 0 Å². The largest absolute Gasteiger partial charge is 0.468 e. The van der Waals surface area contributed by atoms with E-state index >= 15 is 0 Å². The molecule has 5 heteroatoms. The monoisotopic (exact) mass is 259 g/mol. The van der Waals surface area contributed by atoms with Crippen molar-refractivity contribution in [3.8, 4) is 5.82 Å². The van der Waals surface area contributed by atoms with Crippen molar-refractivity contribution in [2.24, 2.45) is 5.73 Å². The molecule has 2 N–H and O–H groups in total. The van der Waals surface area contributed by atoms with Crippen molar-refractivity contribution in [3.05, 3.63) is 47.9 Å². The summed E-state index contributed by atoms with van der Waals surface area (Å²) in [4.78, 5) is 15.7. The quantitative estimate of drug-likeness (QED) is 0.838. The van der Waals surface area contributed by atoms with Crippen LogP contribution in [0, 0.1) is 6.92 Å². The maximum atomic E-state index is 11.4. The molecule has 0 aromatic carbocycles. The second-order valence-corrected chi connectivity index (χ2v) is 4.35. The van der Waals surface area contributed by atoms with Gasteiger partial charge in [0.1, 0.15) is 11.9 Å². The number of nitrogens with zero attached hydrogens (tertiary/aromatic N) is 2. The second kappa shape index (κ2) is 5.67. The fraction of sp³-hybridized carbons (Fsp3) is 0.286. The molecular weight excluding hydrogens is 242 g/mol. The molecule has 0 fully saturated rings. The van der Waals surface area contributed by atoms with Crippen molar-refractivity contribution in [1.29, 1.82) is 0 Å². The average Bonchev–Trinajstić information content (AvgIpc) is 2.86. The van der Waals surface area contributed by atoms with E-state index in [0.29, 0.717) is 6.42 Å². The van der Waals surface area contributed by atoms with Gasteiger partial charge in [-0.1, -0.05) is 6.07 Å². The number of aromatic nitrogens is 2. The smallest absolute Gasteiger partial charge is 0.323 e. The van der Waals surface area contributed by atoms with E-state index in [0.717, 1.165) is 17.1 Å². The van der Waals surface area contributed by atoms with Gasteiger partial charge in [-0.2, -0.15) is 0 Å². The Morgan fingerprint density at radius 1 is 1.47 bits per heavy atom. The summed E-state index contributed by atoms with van der Waals surface area (Å²) in [6.45, 7) is 1.99.